The van der Waals surface area contributed by atoms with Gasteiger partial charge >= 0.3 is 0 Å². The van der Waals surface area contributed by atoms with Gasteiger partial charge in [-0.3, -0.25) is 4.79 Å². The van der Waals surface area contributed by atoms with Crippen molar-refractivity contribution in [2.75, 3.05) is 6.54 Å². The Morgan fingerprint density at radius 2 is 2.03 bits per heavy atom. The highest BCUT2D eigenvalue weighted by atomic mass is 35.5. The number of nitrogens with two attached hydrogens (primary N) is 2. The molecule has 0 spiro atoms. The smallest absolute Gasteiger partial charge is 0.270 e. The first-order valence-corrected chi connectivity index (χ1v) is 11.6. The Balaban J connectivity index is 0.000000430. The molecule has 1 fully saturated rings. The molecule has 0 saturated heterocycles. The molecule has 3 rings (SSSR count). The van der Waals surface area contributed by atoms with E-state index in [-0.39, 0.29) is 23.1 Å². The van der Waals surface area contributed by atoms with Crippen LogP contribution in [0.5, 0.6) is 0 Å². The van der Waals surface area contributed by atoms with Crippen LogP contribution in [0.15, 0.2) is 35.4 Å². The molecule has 2 aromatic rings. The zero-order valence-electron chi connectivity index (χ0n) is 19.5. The van der Waals surface area contributed by atoms with Gasteiger partial charge in [-0.15, -0.1) is 5.10 Å². The molecule has 1 saturated carbocycles. The number of nitriles is 1. The summed E-state index contributed by atoms with van der Waals surface area (Å²) < 4.78 is 13.2. The lowest BCUT2D eigenvalue weighted by Gasteiger charge is -2.13. The first kappa shape index (κ1) is 27.0. The number of halogens is 2. The summed E-state index contributed by atoms with van der Waals surface area (Å²) in [5.41, 5.74) is 7.92. The number of hydrazine groups is 1. The van der Waals surface area contributed by atoms with E-state index >= 15 is 0 Å². The topological polar surface area (TPSA) is 133 Å². The molecule has 0 bridgehead atoms. The van der Waals surface area contributed by atoms with Crippen molar-refractivity contribution in [1.29, 1.82) is 5.26 Å². The van der Waals surface area contributed by atoms with E-state index in [0.29, 0.717) is 29.3 Å². The number of rotatable bonds is 6. The number of hydrogen-bond acceptors (Lipinski definition) is 6. The summed E-state index contributed by atoms with van der Waals surface area (Å²) in [5.74, 6) is 5.28. The minimum Gasteiger partial charge on any atom is -0.382 e. The van der Waals surface area contributed by atoms with Crippen molar-refractivity contribution in [1.82, 2.24) is 15.4 Å². The second kappa shape index (κ2) is 13.5. The monoisotopic (exact) mass is 487 g/mol. The highest BCUT2D eigenvalue weighted by Crippen LogP contribution is 2.22. The Hall–Kier alpha value is -3.22. The van der Waals surface area contributed by atoms with Crippen molar-refractivity contribution < 1.29 is 9.18 Å². The van der Waals surface area contributed by atoms with Crippen LogP contribution in [-0.4, -0.2) is 28.4 Å². The highest BCUT2D eigenvalue weighted by Gasteiger charge is 2.12. The molecular weight excluding hydrogens is 457 g/mol. The number of amides is 1. The Morgan fingerprint density at radius 1 is 1.32 bits per heavy atom. The standard InChI is InChI=1S/C17H20ClFN6O.C7H11N/c1-3-25(21)24-16(20)12-6-10(2)23-15(8-12)17(26)22-9-11-4-5-14(19)13(18)7-11;8-6-7-4-2-1-3-5-7/h4-8H,3,9,21H2,1-2H3,(H2,20,24)(H,22,26);7H,1-5H2. The SMILES string of the molecule is CCN(N)/N=C(\N)c1cc(C)nc(C(=O)NCc2ccc(F)c(Cl)c2)c1.N#CC1CCCCC1. The number of pyridine rings is 1. The third-order valence-electron chi connectivity index (χ3n) is 5.27. The van der Waals surface area contributed by atoms with Gasteiger partial charge in [-0.25, -0.2) is 20.3 Å². The molecule has 10 heteroatoms. The molecule has 1 heterocycles. The number of nitrogens with one attached hydrogen (secondary N) is 1. The first-order valence-electron chi connectivity index (χ1n) is 11.2. The number of aryl methyl sites for hydroxylation is 1. The summed E-state index contributed by atoms with van der Waals surface area (Å²) in [6.45, 7) is 4.24. The predicted molar refractivity (Wildman–Crippen MR) is 131 cm³/mol. The van der Waals surface area contributed by atoms with Gasteiger partial charge < -0.3 is 11.1 Å². The zero-order chi connectivity index (χ0) is 25.1. The molecule has 1 aliphatic rings. The van der Waals surface area contributed by atoms with Crippen LogP contribution >= 0.6 is 11.6 Å². The van der Waals surface area contributed by atoms with E-state index in [4.69, 9.17) is 28.4 Å². The normalized spacial score (nSPS) is 13.9. The fraction of sp³-hybridized carbons (Fsp3) is 0.417. The van der Waals surface area contributed by atoms with Crippen LogP contribution in [0, 0.1) is 30.0 Å². The molecule has 1 aromatic carbocycles. The number of carbonyl (C=O) groups excluding carboxylic acids is 1. The fourth-order valence-corrected chi connectivity index (χ4v) is 3.56. The van der Waals surface area contributed by atoms with E-state index in [1.54, 1.807) is 19.1 Å². The second-order valence-electron chi connectivity index (χ2n) is 8.02. The van der Waals surface area contributed by atoms with Crippen LogP contribution in [0.3, 0.4) is 0 Å². The average molecular weight is 488 g/mol. The van der Waals surface area contributed by atoms with E-state index in [2.05, 4.69) is 21.5 Å². The lowest BCUT2D eigenvalue weighted by molar-refractivity contribution is 0.0945. The van der Waals surface area contributed by atoms with Gasteiger partial charge in [0.2, 0.25) is 0 Å². The number of benzene rings is 1. The van der Waals surface area contributed by atoms with Gasteiger partial charge in [-0.2, -0.15) is 5.26 Å². The van der Waals surface area contributed by atoms with Crippen molar-refractivity contribution in [3.05, 3.63) is 63.7 Å². The Bertz CT molecular complexity index is 1050. The van der Waals surface area contributed by atoms with Gasteiger partial charge in [-0.05, 0) is 56.5 Å². The molecule has 0 atom stereocenters. The van der Waals surface area contributed by atoms with Gasteiger partial charge in [0.05, 0.1) is 17.6 Å². The highest BCUT2D eigenvalue weighted by molar-refractivity contribution is 6.30. The average Bonchev–Trinajstić information content (AvgIpc) is 2.84. The molecule has 182 valence electrons. The molecule has 8 nitrogen and oxygen atoms in total. The summed E-state index contributed by atoms with van der Waals surface area (Å²) in [4.78, 5) is 16.6. The maximum Gasteiger partial charge on any atom is 0.270 e. The lowest BCUT2D eigenvalue weighted by atomic mass is 9.91. The van der Waals surface area contributed by atoms with E-state index in [1.807, 2.05) is 6.92 Å². The minimum atomic E-state index is -0.512. The third-order valence-corrected chi connectivity index (χ3v) is 5.56. The quantitative estimate of drug-likeness (QED) is 0.244. The molecule has 0 unspecified atom stereocenters. The van der Waals surface area contributed by atoms with Crippen molar-refractivity contribution in [2.24, 2.45) is 22.6 Å². The number of amidine groups is 1. The maximum atomic E-state index is 13.2. The first-order chi connectivity index (χ1) is 16.2. The Labute approximate surface area is 204 Å². The molecule has 1 aliphatic carbocycles. The number of nitrogens with zero attached hydrogens (tertiary/aromatic N) is 4. The molecule has 1 amide bonds. The molecule has 0 aliphatic heterocycles. The van der Waals surface area contributed by atoms with E-state index < -0.39 is 11.7 Å². The molecular formula is C24H31ClFN7O. The van der Waals surface area contributed by atoms with Crippen LogP contribution in [-0.2, 0) is 6.54 Å². The summed E-state index contributed by atoms with van der Waals surface area (Å²) in [6, 6.07) is 9.79. The number of aromatic nitrogens is 1. The van der Waals surface area contributed by atoms with Crippen LogP contribution in [0.1, 0.15) is 66.3 Å². The van der Waals surface area contributed by atoms with Gasteiger partial charge in [0, 0.05) is 23.7 Å². The Morgan fingerprint density at radius 3 is 2.62 bits per heavy atom. The second-order valence-corrected chi connectivity index (χ2v) is 8.43. The van der Waals surface area contributed by atoms with E-state index in [1.165, 1.54) is 42.6 Å². The Kier molecular flexibility index (Phi) is 10.7. The van der Waals surface area contributed by atoms with Gasteiger partial charge in [0.1, 0.15) is 11.5 Å². The fourth-order valence-electron chi connectivity index (χ4n) is 3.35. The lowest BCUT2D eigenvalue weighted by Crippen LogP contribution is -2.30. The number of hydrogen-bond donors (Lipinski definition) is 3. The van der Waals surface area contributed by atoms with Crippen LogP contribution in [0.4, 0.5) is 4.39 Å². The van der Waals surface area contributed by atoms with Crippen LogP contribution in [0.25, 0.3) is 0 Å². The van der Waals surface area contributed by atoms with Crippen molar-refractivity contribution in [3.8, 4) is 6.07 Å². The van der Waals surface area contributed by atoms with Gasteiger partial charge in [0.25, 0.3) is 5.91 Å². The molecule has 5 N–H and O–H groups in total. The predicted octanol–water partition coefficient (Wildman–Crippen LogP) is 4.02. The maximum absolute atomic E-state index is 13.2. The summed E-state index contributed by atoms with van der Waals surface area (Å²) >= 11 is 5.73. The molecule has 34 heavy (non-hydrogen) atoms. The van der Waals surface area contributed by atoms with Crippen molar-refractivity contribution in [3.63, 3.8) is 0 Å². The molecule has 0 radical (unpaired) electrons. The summed E-state index contributed by atoms with van der Waals surface area (Å²) in [7, 11) is 0. The van der Waals surface area contributed by atoms with Crippen molar-refractivity contribution >= 4 is 23.3 Å². The van der Waals surface area contributed by atoms with E-state index in [9.17, 15) is 9.18 Å². The summed E-state index contributed by atoms with van der Waals surface area (Å²) in [5, 5.41) is 16.4. The van der Waals surface area contributed by atoms with E-state index in [0.717, 1.165) is 12.8 Å². The number of carbonyl (C=O) groups is 1. The molecule has 1 aromatic heterocycles. The van der Waals surface area contributed by atoms with Crippen molar-refractivity contribution in [2.45, 2.75) is 52.5 Å². The summed E-state index contributed by atoms with van der Waals surface area (Å²) in [6.07, 6.45) is 6.20. The minimum absolute atomic E-state index is 0.000959. The zero-order valence-corrected chi connectivity index (χ0v) is 20.3. The van der Waals surface area contributed by atoms with Crippen LogP contribution < -0.4 is 16.9 Å². The third kappa shape index (κ3) is 8.61. The largest absolute Gasteiger partial charge is 0.382 e. The number of hydrazone groups is 1. The van der Waals surface area contributed by atoms with Crippen LogP contribution in [0.2, 0.25) is 5.02 Å². The van der Waals surface area contributed by atoms with Gasteiger partial charge in [0.15, 0.2) is 5.84 Å². The van der Waals surface area contributed by atoms with Gasteiger partial charge in [-0.1, -0.05) is 36.9 Å².